The van der Waals surface area contributed by atoms with Gasteiger partial charge in [-0.2, -0.15) is 0 Å². The number of carbonyl (C=O) groups is 1. The molecule has 112 valence electrons. The topological polar surface area (TPSA) is 72.3 Å². The number of fused-ring (bicyclic) bond motifs is 1. The van der Waals surface area contributed by atoms with Crippen molar-refractivity contribution in [2.24, 2.45) is 5.92 Å². The number of hydrogen-bond acceptors (Lipinski definition) is 5. The molecule has 0 unspecified atom stereocenters. The van der Waals surface area contributed by atoms with E-state index in [2.05, 4.69) is 16.9 Å². The number of rotatable bonds is 3. The van der Waals surface area contributed by atoms with E-state index in [0.717, 1.165) is 24.1 Å². The molecule has 21 heavy (non-hydrogen) atoms. The third-order valence-electron chi connectivity index (χ3n) is 4.13. The van der Waals surface area contributed by atoms with Gasteiger partial charge in [0.1, 0.15) is 22.1 Å². The van der Waals surface area contributed by atoms with Crippen molar-refractivity contribution in [1.82, 2.24) is 9.97 Å². The summed E-state index contributed by atoms with van der Waals surface area (Å²) < 4.78 is 6.05. The zero-order valence-corrected chi connectivity index (χ0v) is 12.9. The smallest absolute Gasteiger partial charge is 0.346 e. The minimum absolute atomic E-state index is 0.173. The van der Waals surface area contributed by atoms with Gasteiger partial charge in [-0.25, -0.2) is 14.8 Å². The van der Waals surface area contributed by atoms with Gasteiger partial charge in [-0.1, -0.05) is 6.92 Å². The first kappa shape index (κ1) is 14.3. The Hall–Kier alpha value is -1.69. The second kappa shape index (κ2) is 5.60. The maximum absolute atomic E-state index is 11.3. The van der Waals surface area contributed by atoms with Gasteiger partial charge in [0.2, 0.25) is 5.88 Å². The summed E-state index contributed by atoms with van der Waals surface area (Å²) in [6.07, 6.45) is 6.02. The fourth-order valence-electron chi connectivity index (χ4n) is 2.84. The van der Waals surface area contributed by atoms with Crippen LogP contribution >= 0.6 is 11.3 Å². The second-order valence-corrected chi connectivity index (χ2v) is 6.72. The van der Waals surface area contributed by atoms with Gasteiger partial charge in [-0.15, -0.1) is 11.3 Å². The first-order valence-electron chi connectivity index (χ1n) is 7.20. The molecule has 0 bridgehead atoms. The summed E-state index contributed by atoms with van der Waals surface area (Å²) in [6.45, 7) is 4.06. The third kappa shape index (κ3) is 2.72. The van der Waals surface area contributed by atoms with Crippen molar-refractivity contribution in [1.29, 1.82) is 0 Å². The number of aryl methyl sites for hydroxylation is 1. The Bertz CT molecular complexity index is 675. The van der Waals surface area contributed by atoms with Gasteiger partial charge >= 0.3 is 5.97 Å². The highest BCUT2D eigenvalue weighted by atomic mass is 32.1. The highest BCUT2D eigenvalue weighted by molar-refractivity contribution is 7.20. The average molecular weight is 306 g/mol. The molecule has 2 aromatic heterocycles. The van der Waals surface area contributed by atoms with Crippen molar-refractivity contribution in [3.63, 3.8) is 0 Å². The molecule has 6 heteroatoms. The van der Waals surface area contributed by atoms with Crippen LogP contribution < -0.4 is 4.74 Å². The van der Waals surface area contributed by atoms with Crippen LogP contribution in [0.2, 0.25) is 0 Å². The molecular weight excluding hydrogens is 288 g/mol. The van der Waals surface area contributed by atoms with Gasteiger partial charge in [0.15, 0.2) is 0 Å². The maximum atomic E-state index is 11.3. The molecule has 0 aliphatic heterocycles. The Morgan fingerprint density at radius 3 is 2.71 bits per heavy atom. The molecule has 0 aromatic carbocycles. The van der Waals surface area contributed by atoms with Crippen LogP contribution in [0.4, 0.5) is 0 Å². The number of hydrogen-bond donors (Lipinski definition) is 1. The average Bonchev–Trinajstić information content (AvgIpc) is 2.80. The molecule has 0 atom stereocenters. The van der Waals surface area contributed by atoms with Gasteiger partial charge < -0.3 is 9.84 Å². The number of ether oxygens (including phenoxy) is 1. The summed E-state index contributed by atoms with van der Waals surface area (Å²) in [5.41, 5.74) is 0.697. The summed E-state index contributed by atoms with van der Waals surface area (Å²) in [6, 6.07) is 0. The van der Waals surface area contributed by atoms with Gasteiger partial charge in [0.25, 0.3) is 0 Å². The summed E-state index contributed by atoms with van der Waals surface area (Å²) in [4.78, 5) is 20.7. The van der Waals surface area contributed by atoms with E-state index in [-0.39, 0.29) is 6.10 Å². The molecule has 1 aliphatic rings. The Morgan fingerprint density at radius 2 is 2.05 bits per heavy atom. The Balaban J connectivity index is 1.93. The van der Waals surface area contributed by atoms with E-state index in [4.69, 9.17) is 4.74 Å². The molecule has 1 N–H and O–H groups in total. The van der Waals surface area contributed by atoms with Crippen molar-refractivity contribution >= 4 is 27.5 Å². The van der Waals surface area contributed by atoms with E-state index >= 15 is 0 Å². The van der Waals surface area contributed by atoms with E-state index in [1.54, 1.807) is 6.92 Å². The lowest BCUT2D eigenvalue weighted by atomic mass is 9.89. The second-order valence-electron chi connectivity index (χ2n) is 5.72. The van der Waals surface area contributed by atoms with Gasteiger partial charge in [0, 0.05) is 0 Å². The van der Waals surface area contributed by atoms with E-state index in [1.807, 2.05) is 0 Å². The SMILES string of the molecule is Cc1c(C(=O)O)sc2ncnc(OC3CCC(C)CC3)c12. The number of thiophene rings is 1. The summed E-state index contributed by atoms with van der Waals surface area (Å²) >= 11 is 1.18. The minimum Gasteiger partial charge on any atom is -0.477 e. The Labute approximate surface area is 127 Å². The first-order chi connectivity index (χ1) is 10.1. The number of carboxylic acids is 1. The van der Waals surface area contributed by atoms with Crippen LogP contribution in [0.1, 0.15) is 47.8 Å². The number of carboxylic acid groups (broad SMARTS) is 1. The molecule has 1 saturated carbocycles. The third-order valence-corrected chi connectivity index (χ3v) is 5.32. The van der Waals surface area contributed by atoms with Crippen molar-refractivity contribution in [2.75, 3.05) is 0 Å². The number of aromatic carboxylic acids is 1. The highest BCUT2D eigenvalue weighted by Gasteiger charge is 2.23. The molecule has 0 spiro atoms. The lowest BCUT2D eigenvalue weighted by Crippen LogP contribution is -2.23. The molecule has 2 heterocycles. The summed E-state index contributed by atoms with van der Waals surface area (Å²) in [5.74, 6) is 0.366. The van der Waals surface area contributed by atoms with E-state index in [1.165, 1.54) is 30.5 Å². The predicted molar refractivity (Wildman–Crippen MR) is 81.2 cm³/mol. The molecule has 0 radical (unpaired) electrons. The molecule has 1 fully saturated rings. The normalized spacial score (nSPS) is 22.4. The molecule has 2 aromatic rings. The largest absolute Gasteiger partial charge is 0.477 e. The van der Waals surface area contributed by atoms with Crippen LogP contribution in [-0.4, -0.2) is 27.1 Å². The quantitative estimate of drug-likeness (QED) is 0.937. The van der Waals surface area contributed by atoms with E-state index < -0.39 is 5.97 Å². The highest BCUT2D eigenvalue weighted by Crippen LogP contribution is 2.36. The van der Waals surface area contributed by atoms with Crippen LogP contribution in [-0.2, 0) is 0 Å². The van der Waals surface area contributed by atoms with Gasteiger partial charge in [-0.3, -0.25) is 0 Å². The van der Waals surface area contributed by atoms with Crippen LogP contribution in [0.5, 0.6) is 5.88 Å². The van der Waals surface area contributed by atoms with Crippen LogP contribution in [0.3, 0.4) is 0 Å². The van der Waals surface area contributed by atoms with E-state index in [0.29, 0.717) is 21.2 Å². The lowest BCUT2D eigenvalue weighted by Gasteiger charge is -2.26. The van der Waals surface area contributed by atoms with Crippen LogP contribution in [0.25, 0.3) is 10.2 Å². The fourth-order valence-corrected chi connectivity index (χ4v) is 3.82. The van der Waals surface area contributed by atoms with Gasteiger partial charge in [-0.05, 0) is 44.1 Å². The van der Waals surface area contributed by atoms with Gasteiger partial charge in [0.05, 0.1) is 5.39 Å². The van der Waals surface area contributed by atoms with Crippen molar-refractivity contribution in [3.8, 4) is 5.88 Å². The monoisotopic (exact) mass is 306 g/mol. The molecule has 0 saturated heterocycles. The van der Waals surface area contributed by atoms with Crippen LogP contribution in [0, 0.1) is 12.8 Å². The number of aromatic nitrogens is 2. The molecule has 3 rings (SSSR count). The van der Waals surface area contributed by atoms with E-state index in [9.17, 15) is 9.90 Å². The summed E-state index contributed by atoms with van der Waals surface area (Å²) in [7, 11) is 0. The predicted octanol–water partition coefficient (Wildman–Crippen LogP) is 3.66. The van der Waals surface area contributed by atoms with Crippen molar-refractivity contribution in [3.05, 3.63) is 16.8 Å². The fraction of sp³-hybridized carbons (Fsp3) is 0.533. The lowest BCUT2D eigenvalue weighted by molar-refractivity contribution is 0.0701. The molecule has 1 aliphatic carbocycles. The Kier molecular flexibility index (Phi) is 3.80. The zero-order chi connectivity index (χ0) is 15.0. The minimum atomic E-state index is -0.923. The standard InChI is InChI=1S/C15H18N2O3S/c1-8-3-5-10(6-4-8)20-13-11-9(2)12(15(18)19)21-14(11)17-7-16-13/h7-8,10H,3-6H2,1-2H3,(H,18,19). The van der Waals surface area contributed by atoms with Crippen molar-refractivity contribution in [2.45, 2.75) is 45.6 Å². The number of nitrogens with zero attached hydrogens (tertiary/aromatic N) is 2. The zero-order valence-electron chi connectivity index (χ0n) is 12.1. The van der Waals surface area contributed by atoms with Crippen LogP contribution in [0.15, 0.2) is 6.33 Å². The van der Waals surface area contributed by atoms with Crippen molar-refractivity contribution < 1.29 is 14.6 Å². The Morgan fingerprint density at radius 1 is 1.33 bits per heavy atom. The maximum Gasteiger partial charge on any atom is 0.346 e. The summed E-state index contributed by atoms with van der Waals surface area (Å²) in [5, 5.41) is 9.98. The molecule has 0 amide bonds. The first-order valence-corrected chi connectivity index (χ1v) is 8.02. The molecule has 5 nitrogen and oxygen atoms in total. The molecular formula is C15H18N2O3S.